The van der Waals surface area contributed by atoms with Crippen molar-refractivity contribution in [3.05, 3.63) is 94.0 Å². The van der Waals surface area contributed by atoms with Gasteiger partial charge >= 0.3 is 11.9 Å². The first-order chi connectivity index (χ1) is 17.4. The Hall–Kier alpha value is -3.91. The van der Waals surface area contributed by atoms with Crippen LogP contribution in [0.25, 0.3) is 22.5 Å². The van der Waals surface area contributed by atoms with Crippen molar-refractivity contribution in [1.29, 1.82) is 0 Å². The summed E-state index contributed by atoms with van der Waals surface area (Å²) in [6.45, 7) is 2.63. The summed E-state index contributed by atoms with van der Waals surface area (Å²) >= 11 is 3.54. The summed E-state index contributed by atoms with van der Waals surface area (Å²) in [4.78, 5) is 23.2. The van der Waals surface area contributed by atoms with Crippen LogP contribution in [0.1, 0.15) is 34.8 Å². The predicted molar refractivity (Wildman–Crippen MR) is 140 cm³/mol. The molecule has 0 radical (unpaired) electrons. The van der Waals surface area contributed by atoms with Crippen LogP contribution < -0.4 is 4.74 Å². The SMILES string of the molecule is CCOc1cc(C(=O)O)ccc1-c1nn(Cc2ccccc2)c(-c2cccc(Br)c2)c1CCC(=O)O. The number of ether oxygens (including phenoxy) is 1. The topological polar surface area (TPSA) is 102 Å². The van der Waals surface area contributed by atoms with Gasteiger partial charge in [0.1, 0.15) is 5.75 Å². The third-order valence-electron chi connectivity index (χ3n) is 5.70. The van der Waals surface area contributed by atoms with Crippen molar-refractivity contribution in [2.45, 2.75) is 26.3 Å². The lowest BCUT2D eigenvalue weighted by atomic mass is 9.97. The van der Waals surface area contributed by atoms with Gasteiger partial charge in [-0.3, -0.25) is 9.48 Å². The Morgan fingerprint density at radius 3 is 2.44 bits per heavy atom. The molecule has 0 unspecified atom stereocenters. The number of aliphatic carboxylic acids is 1. The van der Waals surface area contributed by atoms with Crippen LogP contribution in [0.3, 0.4) is 0 Å². The molecule has 1 heterocycles. The highest BCUT2D eigenvalue weighted by Gasteiger charge is 2.24. The molecule has 0 amide bonds. The van der Waals surface area contributed by atoms with Gasteiger partial charge in [0, 0.05) is 27.6 Å². The monoisotopic (exact) mass is 548 g/mol. The zero-order valence-corrected chi connectivity index (χ0v) is 21.2. The maximum atomic E-state index is 11.6. The Morgan fingerprint density at radius 1 is 1.00 bits per heavy atom. The van der Waals surface area contributed by atoms with Crippen LogP contribution in [-0.2, 0) is 17.8 Å². The molecule has 0 bridgehead atoms. The fourth-order valence-electron chi connectivity index (χ4n) is 4.14. The van der Waals surface area contributed by atoms with E-state index in [0.29, 0.717) is 30.2 Å². The quantitative estimate of drug-likeness (QED) is 0.246. The lowest BCUT2D eigenvalue weighted by molar-refractivity contribution is -0.136. The van der Waals surface area contributed by atoms with Crippen LogP contribution in [0.2, 0.25) is 0 Å². The number of nitrogens with zero attached hydrogens (tertiary/aromatic N) is 2. The van der Waals surface area contributed by atoms with E-state index in [1.807, 2.05) is 66.2 Å². The van der Waals surface area contributed by atoms with E-state index in [0.717, 1.165) is 26.9 Å². The Balaban J connectivity index is 1.98. The fraction of sp³-hybridized carbons (Fsp3) is 0.179. The Labute approximate surface area is 217 Å². The standard InChI is InChI=1S/C28H25BrN2O5/c1-2-36-24-16-20(28(34)35)11-12-22(24)26-23(13-14-25(32)33)27(19-9-6-10-21(29)15-19)31(30-26)17-18-7-4-3-5-8-18/h3-12,15-16H,2,13-14,17H2,1H3,(H,32,33)(H,34,35). The molecule has 7 nitrogen and oxygen atoms in total. The molecular weight excluding hydrogens is 524 g/mol. The molecule has 0 aliphatic heterocycles. The highest BCUT2D eigenvalue weighted by atomic mass is 79.9. The lowest BCUT2D eigenvalue weighted by Crippen LogP contribution is -2.05. The zero-order chi connectivity index (χ0) is 25.7. The minimum atomic E-state index is -1.06. The number of carbonyl (C=O) groups is 2. The van der Waals surface area contributed by atoms with Crippen molar-refractivity contribution >= 4 is 27.9 Å². The number of hydrogen-bond acceptors (Lipinski definition) is 4. The molecule has 2 N–H and O–H groups in total. The number of hydrogen-bond donors (Lipinski definition) is 2. The first-order valence-corrected chi connectivity index (χ1v) is 12.3. The van der Waals surface area contributed by atoms with E-state index in [-0.39, 0.29) is 18.4 Å². The predicted octanol–water partition coefficient (Wildman–Crippen LogP) is 6.14. The smallest absolute Gasteiger partial charge is 0.335 e. The molecule has 0 spiro atoms. The number of halogens is 1. The van der Waals surface area contributed by atoms with E-state index >= 15 is 0 Å². The molecule has 0 saturated heterocycles. The summed E-state index contributed by atoms with van der Waals surface area (Å²) in [6, 6.07) is 22.4. The van der Waals surface area contributed by atoms with Crippen LogP contribution in [0, 0.1) is 0 Å². The maximum absolute atomic E-state index is 11.6. The molecule has 184 valence electrons. The van der Waals surface area contributed by atoms with Gasteiger partial charge in [0.25, 0.3) is 0 Å². The second-order valence-corrected chi connectivity index (χ2v) is 9.09. The molecule has 0 fully saturated rings. The molecular formula is C28H25BrN2O5. The fourth-order valence-corrected chi connectivity index (χ4v) is 4.54. The van der Waals surface area contributed by atoms with E-state index in [4.69, 9.17) is 9.84 Å². The molecule has 0 aliphatic carbocycles. The molecule has 4 aromatic rings. The van der Waals surface area contributed by atoms with Gasteiger partial charge in [-0.2, -0.15) is 5.10 Å². The van der Waals surface area contributed by atoms with Gasteiger partial charge in [-0.25, -0.2) is 4.79 Å². The largest absolute Gasteiger partial charge is 0.493 e. The summed E-state index contributed by atoms with van der Waals surface area (Å²) in [5.41, 5.74) is 4.79. The van der Waals surface area contributed by atoms with Gasteiger partial charge in [-0.05, 0) is 49.2 Å². The van der Waals surface area contributed by atoms with E-state index in [1.54, 1.807) is 6.07 Å². The normalized spacial score (nSPS) is 10.8. The Morgan fingerprint density at radius 2 is 1.78 bits per heavy atom. The van der Waals surface area contributed by atoms with Crippen molar-refractivity contribution < 1.29 is 24.5 Å². The van der Waals surface area contributed by atoms with Crippen molar-refractivity contribution in [3.8, 4) is 28.3 Å². The second-order valence-electron chi connectivity index (χ2n) is 8.17. The first-order valence-electron chi connectivity index (χ1n) is 11.5. The van der Waals surface area contributed by atoms with Crippen molar-refractivity contribution in [2.75, 3.05) is 6.61 Å². The molecule has 1 aromatic heterocycles. The average Bonchev–Trinajstić information content (AvgIpc) is 3.21. The summed E-state index contributed by atoms with van der Waals surface area (Å²) in [6.07, 6.45) is 0.162. The summed E-state index contributed by atoms with van der Waals surface area (Å²) in [5, 5.41) is 23.9. The van der Waals surface area contributed by atoms with Gasteiger partial charge < -0.3 is 14.9 Å². The summed E-state index contributed by atoms with van der Waals surface area (Å²) < 4.78 is 8.59. The van der Waals surface area contributed by atoms with Crippen molar-refractivity contribution in [1.82, 2.24) is 9.78 Å². The second kappa shape index (κ2) is 11.2. The van der Waals surface area contributed by atoms with E-state index < -0.39 is 11.9 Å². The third-order valence-corrected chi connectivity index (χ3v) is 6.19. The van der Waals surface area contributed by atoms with Crippen molar-refractivity contribution in [2.24, 2.45) is 0 Å². The summed E-state index contributed by atoms with van der Waals surface area (Å²) in [5.74, 6) is -1.58. The molecule has 0 saturated carbocycles. The van der Waals surface area contributed by atoms with Crippen molar-refractivity contribution in [3.63, 3.8) is 0 Å². The van der Waals surface area contributed by atoms with Crippen LogP contribution in [0.15, 0.2) is 77.3 Å². The lowest BCUT2D eigenvalue weighted by Gasteiger charge is -2.12. The van der Waals surface area contributed by atoms with E-state index in [9.17, 15) is 19.8 Å². The number of carboxylic acid groups (broad SMARTS) is 2. The number of aromatic carboxylic acids is 1. The Kier molecular flexibility index (Phi) is 7.85. The van der Waals surface area contributed by atoms with Gasteiger partial charge in [0.05, 0.1) is 30.1 Å². The molecule has 4 rings (SSSR count). The zero-order valence-electron chi connectivity index (χ0n) is 19.6. The van der Waals surface area contributed by atoms with Gasteiger partial charge in [-0.1, -0.05) is 58.4 Å². The van der Waals surface area contributed by atoms with Gasteiger partial charge in [-0.15, -0.1) is 0 Å². The highest BCUT2D eigenvalue weighted by molar-refractivity contribution is 9.10. The maximum Gasteiger partial charge on any atom is 0.335 e. The molecule has 8 heteroatoms. The van der Waals surface area contributed by atoms with Crippen LogP contribution in [0.4, 0.5) is 0 Å². The van der Waals surface area contributed by atoms with Crippen LogP contribution in [0.5, 0.6) is 5.75 Å². The molecule has 36 heavy (non-hydrogen) atoms. The number of rotatable bonds is 10. The third kappa shape index (κ3) is 5.66. The van der Waals surface area contributed by atoms with Crippen LogP contribution >= 0.6 is 15.9 Å². The molecule has 0 aliphatic rings. The first kappa shape index (κ1) is 25.2. The van der Waals surface area contributed by atoms with E-state index in [2.05, 4.69) is 15.9 Å². The average molecular weight is 549 g/mol. The molecule has 3 aromatic carbocycles. The van der Waals surface area contributed by atoms with E-state index in [1.165, 1.54) is 12.1 Å². The number of aromatic nitrogens is 2. The number of benzene rings is 3. The minimum Gasteiger partial charge on any atom is -0.493 e. The minimum absolute atomic E-state index is 0.0811. The number of carboxylic acids is 2. The highest BCUT2D eigenvalue weighted by Crippen LogP contribution is 2.39. The van der Waals surface area contributed by atoms with Gasteiger partial charge in [0.15, 0.2) is 0 Å². The van der Waals surface area contributed by atoms with Gasteiger partial charge in [0.2, 0.25) is 0 Å². The Bertz CT molecular complexity index is 1400. The van der Waals surface area contributed by atoms with Crippen LogP contribution in [-0.4, -0.2) is 38.5 Å². The summed E-state index contributed by atoms with van der Waals surface area (Å²) in [7, 11) is 0. The molecule has 0 atom stereocenters.